The van der Waals surface area contributed by atoms with Gasteiger partial charge < -0.3 is 10.4 Å². The number of hydrogen-bond donors (Lipinski definition) is 3. The Balaban J connectivity index is 2.18. The van der Waals surface area contributed by atoms with Crippen LogP contribution in [0.15, 0.2) is 35.7 Å². The van der Waals surface area contributed by atoms with E-state index in [-0.39, 0.29) is 6.42 Å². The first-order valence-electron chi connectivity index (χ1n) is 8.14. The largest absolute Gasteiger partial charge is 0.481 e. The molecule has 0 aliphatic carbocycles. The molecule has 25 heavy (non-hydrogen) atoms. The van der Waals surface area contributed by atoms with Crippen LogP contribution >= 0.6 is 0 Å². The van der Waals surface area contributed by atoms with Crippen LogP contribution in [0.1, 0.15) is 44.1 Å². The van der Waals surface area contributed by atoms with Crippen molar-refractivity contribution in [3.05, 3.63) is 41.3 Å². The molecule has 0 aromatic heterocycles. The Labute approximate surface area is 148 Å². The van der Waals surface area contributed by atoms with Gasteiger partial charge in [-0.1, -0.05) is 49.6 Å². The number of sulfonamides is 1. The van der Waals surface area contributed by atoms with E-state index in [1.54, 1.807) is 24.3 Å². The number of hydrogen-bond acceptors (Lipinski definition) is 4. The first-order valence-corrected chi connectivity index (χ1v) is 9.69. The Morgan fingerprint density at radius 1 is 1.00 bits per heavy atom. The number of urea groups is 1. The van der Waals surface area contributed by atoms with E-state index in [2.05, 4.69) is 5.32 Å². The van der Waals surface area contributed by atoms with Crippen LogP contribution in [-0.4, -0.2) is 32.1 Å². The Morgan fingerprint density at radius 3 is 2.32 bits per heavy atom. The monoisotopic (exact) mass is 368 g/mol. The molecular formula is C17H24N2O5S. The summed E-state index contributed by atoms with van der Waals surface area (Å²) < 4.78 is 25.5. The lowest BCUT2D eigenvalue weighted by molar-refractivity contribution is -0.137. The fourth-order valence-corrected chi connectivity index (χ4v) is 2.80. The second-order valence-corrected chi connectivity index (χ2v) is 7.09. The van der Waals surface area contributed by atoms with Gasteiger partial charge in [0.05, 0.1) is 5.41 Å². The van der Waals surface area contributed by atoms with Crippen LogP contribution < -0.4 is 10.0 Å². The molecule has 0 saturated heterocycles. The van der Waals surface area contributed by atoms with Crippen molar-refractivity contribution in [1.29, 1.82) is 0 Å². The van der Waals surface area contributed by atoms with E-state index in [9.17, 15) is 18.0 Å². The Kier molecular flexibility index (Phi) is 9.31. The van der Waals surface area contributed by atoms with Crippen molar-refractivity contribution in [2.75, 3.05) is 6.54 Å². The zero-order chi connectivity index (χ0) is 18.5. The van der Waals surface area contributed by atoms with Gasteiger partial charge in [-0.25, -0.2) is 17.9 Å². The summed E-state index contributed by atoms with van der Waals surface area (Å²) >= 11 is 0. The van der Waals surface area contributed by atoms with E-state index in [4.69, 9.17) is 5.11 Å². The lowest BCUT2D eigenvalue weighted by Gasteiger charge is -2.06. The third-order valence-electron chi connectivity index (χ3n) is 3.33. The molecule has 0 spiro atoms. The van der Waals surface area contributed by atoms with Gasteiger partial charge in [0, 0.05) is 13.0 Å². The highest BCUT2D eigenvalue weighted by molar-refractivity contribution is 7.93. The Hall–Kier alpha value is -2.35. The predicted octanol–water partition coefficient (Wildman–Crippen LogP) is 2.71. The molecule has 0 fully saturated rings. The Morgan fingerprint density at radius 2 is 1.64 bits per heavy atom. The molecule has 1 rings (SSSR count). The first-order chi connectivity index (χ1) is 11.9. The summed E-state index contributed by atoms with van der Waals surface area (Å²) in [4.78, 5) is 21.9. The highest BCUT2D eigenvalue weighted by Gasteiger charge is 2.10. The fourth-order valence-electron chi connectivity index (χ4n) is 2.07. The summed E-state index contributed by atoms with van der Waals surface area (Å²) in [6.45, 7) is 0.364. The topological polar surface area (TPSA) is 113 Å². The van der Waals surface area contributed by atoms with Gasteiger partial charge in [-0.3, -0.25) is 4.79 Å². The average molecular weight is 368 g/mol. The molecule has 0 saturated carbocycles. The van der Waals surface area contributed by atoms with E-state index in [1.165, 1.54) is 6.08 Å². The standard InChI is InChI=1S/C17H24N2O5S/c20-16(21)11-7-2-1-3-8-13-18-17(22)19-25(23,24)14-12-15-9-5-4-6-10-15/h4-6,9-10,12,14H,1-3,7-8,11,13H2,(H,20,21)(H2,18,19,22)/b14-12+. The second-order valence-electron chi connectivity index (χ2n) is 5.53. The lowest BCUT2D eigenvalue weighted by Crippen LogP contribution is -2.38. The minimum atomic E-state index is -3.84. The zero-order valence-electron chi connectivity index (χ0n) is 14.0. The molecule has 7 nitrogen and oxygen atoms in total. The quantitative estimate of drug-likeness (QED) is 0.520. The number of benzene rings is 1. The molecule has 0 radical (unpaired) electrons. The lowest BCUT2D eigenvalue weighted by atomic mass is 10.1. The number of carboxylic acid groups (broad SMARTS) is 1. The molecule has 0 atom stereocenters. The van der Waals surface area contributed by atoms with Crippen molar-refractivity contribution < 1.29 is 23.1 Å². The van der Waals surface area contributed by atoms with E-state index in [0.29, 0.717) is 19.4 Å². The molecule has 2 amide bonds. The number of nitrogens with one attached hydrogen (secondary N) is 2. The summed E-state index contributed by atoms with van der Waals surface area (Å²) in [6, 6.07) is 8.14. The van der Waals surface area contributed by atoms with E-state index in [0.717, 1.165) is 30.2 Å². The predicted molar refractivity (Wildman–Crippen MR) is 96.3 cm³/mol. The molecule has 1 aromatic carbocycles. The molecule has 0 unspecified atom stereocenters. The maximum Gasteiger partial charge on any atom is 0.328 e. The smallest absolute Gasteiger partial charge is 0.328 e. The fraction of sp³-hybridized carbons (Fsp3) is 0.412. The molecule has 0 heterocycles. The number of aliphatic carboxylic acids is 1. The highest BCUT2D eigenvalue weighted by atomic mass is 32.2. The van der Waals surface area contributed by atoms with Gasteiger partial charge in [0.1, 0.15) is 0 Å². The summed E-state index contributed by atoms with van der Waals surface area (Å²) in [5.41, 5.74) is 0.719. The van der Waals surface area contributed by atoms with Crippen molar-refractivity contribution in [1.82, 2.24) is 10.0 Å². The SMILES string of the molecule is O=C(O)CCCCCCCNC(=O)NS(=O)(=O)/C=C/c1ccccc1. The van der Waals surface area contributed by atoms with Crippen LogP contribution in [0.3, 0.4) is 0 Å². The minimum Gasteiger partial charge on any atom is -0.481 e. The number of amides is 2. The van der Waals surface area contributed by atoms with Crippen molar-refractivity contribution in [2.24, 2.45) is 0 Å². The van der Waals surface area contributed by atoms with Gasteiger partial charge in [-0.2, -0.15) is 0 Å². The number of carbonyl (C=O) groups is 2. The first kappa shape index (κ1) is 20.7. The van der Waals surface area contributed by atoms with Crippen molar-refractivity contribution in [3.63, 3.8) is 0 Å². The van der Waals surface area contributed by atoms with Crippen LogP contribution in [0.4, 0.5) is 4.79 Å². The zero-order valence-corrected chi connectivity index (χ0v) is 14.8. The van der Waals surface area contributed by atoms with Gasteiger partial charge in [0.2, 0.25) is 0 Å². The number of carbonyl (C=O) groups excluding carboxylic acids is 1. The molecule has 0 aliphatic rings. The van der Waals surface area contributed by atoms with Gasteiger partial charge in [-0.15, -0.1) is 0 Å². The molecular weight excluding hydrogens is 344 g/mol. The molecule has 0 bridgehead atoms. The van der Waals surface area contributed by atoms with Gasteiger partial charge in [-0.05, 0) is 24.5 Å². The van der Waals surface area contributed by atoms with Crippen LogP contribution in [0, 0.1) is 0 Å². The molecule has 0 aliphatic heterocycles. The maximum absolute atomic E-state index is 11.8. The molecule has 138 valence electrons. The molecule has 1 aromatic rings. The minimum absolute atomic E-state index is 0.176. The van der Waals surface area contributed by atoms with Crippen LogP contribution in [0.5, 0.6) is 0 Å². The van der Waals surface area contributed by atoms with Crippen LogP contribution in [0.2, 0.25) is 0 Å². The van der Waals surface area contributed by atoms with Crippen molar-refractivity contribution in [3.8, 4) is 0 Å². The second kappa shape index (κ2) is 11.2. The Bertz CT molecular complexity index is 672. The number of unbranched alkanes of at least 4 members (excludes halogenated alkanes) is 4. The third-order valence-corrected chi connectivity index (χ3v) is 4.29. The van der Waals surface area contributed by atoms with E-state index < -0.39 is 22.0 Å². The average Bonchev–Trinajstić information content (AvgIpc) is 2.56. The van der Waals surface area contributed by atoms with Crippen molar-refractivity contribution in [2.45, 2.75) is 38.5 Å². The summed E-state index contributed by atoms with van der Waals surface area (Å²) in [5.74, 6) is -0.791. The summed E-state index contributed by atoms with van der Waals surface area (Å²) in [6.07, 6.45) is 5.50. The summed E-state index contributed by atoms with van der Waals surface area (Å²) in [7, 11) is -3.84. The van der Waals surface area contributed by atoms with Crippen molar-refractivity contribution >= 4 is 28.1 Å². The third kappa shape index (κ3) is 10.9. The molecule has 8 heteroatoms. The van der Waals surface area contributed by atoms with E-state index >= 15 is 0 Å². The molecule has 3 N–H and O–H groups in total. The normalized spacial score (nSPS) is 11.4. The number of carboxylic acids is 1. The van der Waals surface area contributed by atoms with Gasteiger partial charge in [0.25, 0.3) is 10.0 Å². The van der Waals surface area contributed by atoms with Gasteiger partial charge in [0.15, 0.2) is 0 Å². The van der Waals surface area contributed by atoms with Gasteiger partial charge >= 0.3 is 12.0 Å². The van der Waals surface area contributed by atoms with E-state index in [1.807, 2.05) is 10.8 Å². The summed E-state index contributed by atoms with van der Waals surface area (Å²) in [5, 5.41) is 11.9. The number of rotatable bonds is 11. The highest BCUT2D eigenvalue weighted by Crippen LogP contribution is 2.05. The van der Waals surface area contributed by atoms with Crippen LogP contribution in [0.25, 0.3) is 6.08 Å². The maximum atomic E-state index is 11.8. The van der Waals surface area contributed by atoms with Crippen LogP contribution in [-0.2, 0) is 14.8 Å².